The molecule has 7 aromatic carbocycles. The van der Waals surface area contributed by atoms with Gasteiger partial charge in [-0.2, -0.15) is 0 Å². The van der Waals surface area contributed by atoms with Crippen molar-refractivity contribution in [2.75, 3.05) is 16.5 Å². The Kier molecular flexibility index (Phi) is 8.30. The fourth-order valence-corrected chi connectivity index (χ4v) is 9.77. The third kappa shape index (κ3) is 5.94. The zero-order chi connectivity index (χ0) is 41.6. The lowest BCUT2D eigenvalue weighted by Gasteiger charge is -2.28. The highest BCUT2D eigenvalue weighted by Crippen LogP contribution is 2.57. The average molecular weight is 793 g/mol. The molecule has 3 heterocycles. The van der Waals surface area contributed by atoms with Gasteiger partial charge >= 0.3 is 0 Å². The first-order valence-electron chi connectivity index (χ1n) is 21.3. The predicted molar refractivity (Wildman–Crippen MR) is 254 cm³/mol. The molecule has 0 unspecified atom stereocenters. The lowest BCUT2D eigenvalue weighted by Crippen LogP contribution is -2.25. The highest BCUT2D eigenvalue weighted by Gasteiger charge is 2.40. The van der Waals surface area contributed by atoms with E-state index in [4.69, 9.17) is 9.72 Å². The molecular formula is C56H48N4O. The molecule has 61 heavy (non-hydrogen) atoms. The normalized spacial score (nSPS) is 14.1. The van der Waals surface area contributed by atoms with Gasteiger partial charge in [-0.3, -0.25) is 4.57 Å². The molecule has 11 rings (SSSR count). The molecule has 0 N–H and O–H groups in total. The third-order valence-corrected chi connectivity index (χ3v) is 13.0. The number of rotatable bonds is 6. The number of aryl methyl sites for hydroxylation is 1. The molecule has 0 atom stereocenters. The lowest BCUT2D eigenvalue weighted by atomic mass is 9.82. The Bertz CT molecular complexity index is 3190. The molecule has 5 nitrogen and oxygen atoms in total. The van der Waals surface area contributed by atoms with Gasteiger partial charge in [-0.05, 0) is 94.8 Å². The van der Waals surface area contributed by atoms with E-state index in [1.165, 1.54) is 61.3 Å². The van der Waals surface area contributed by atoms with Crippen LogP contribution in [0.25, 0.3) is 49.9 Å². The zero-order valence-electron chi connectivity index (χ0n) is 35.6. The average Bonchev–Trinajstić information content (AvgIpc) is 3.89. The van der Waals surface area contributed by atoms with Crippen LogP contribution in [0.1, 0.15) is 56.9 Å². The summed E-state index contributed by atoms with van der Waals surface area (Å²) in [6.45, 7) is 14.3. The maximum atomic E-state index is 6.79. The molecule has 0 amide bonds. The largest absolute Gasteiger partial charge is 0.457 e. The van der Waals surface area contributed by atoms with Gasteiger partial charge in [0.05, 0.1) is 28.1 Å². The van der Waals surface area contributed by atoms with Crippen LogP contribution in [-0.4, -0.2) is 16.2 Å². The van der Waals surface area contributed by atoms with Gasteiger partial charge in [0.1, 0.15) is 24.0 Å². The second-order valence-corrected chi connectivity index (χ2v) is 18.2. The minimum absolute atomic E-state index is 0.00449. The molecular weight excluding hydrogens is 745 g/mol. The van der Waals surface area contributed by atoms with Crippen molar-refractivity contribution in [3.8, 4) is 39.6 Å². The number of hydrogen-bond acceptors (Lipinski definition) is 4. The maximum Gasteiger partial charge on any atom is 0.137 e. The predicted octanol–water partition coefficient (Wildman–Crippen LogP) is 14.8. The number of pyridine rings is 1. The summed E-state index contributed by atoms with van der Waals surface area (Å²) in [5.74, 6) is 2.45. The summed E-state index contributed by atoms with van der Waals surface area (Å²) in [5, 5.41) is 2.35. The molecule has 9 aromatic rings. The van der Waals surface area contributed by atoms with Gasteiger partial charge in [0.2, 0.25) is 0 Å². The Morgan fingerprint density at radius 1 is 0.590 bits per heavy atom. The Morgan fingerprint density at radius 3 is 2.13 bits per heavy atom. The summed E-state index contributed by atoms with van der Waals surface area (Å²) in [7, 11) is 0. The second-order valence-electron chi connectivity index (χ2n) is 18.2. The topological polar surface area (TPSA) is 33.5 Å². The van der Waals surface area contributed by atoms with Gasteiger partial charge in [-0.1, -0.05) is 137 Å². The fourth-order valence-electron chi connectivity index (χ4n) is 9.77. The van der Waals surface area contributed by atoms with E-state index >= 15 is 0 Å². The van der Waals surface area contributed by atoms with E-state index in [1.807, 2.05) is 6.20 Å². The van der Waals surface area contributed by atoms with E-state index in [0.29, 0.717) is 6.67 Å². The SMILES string of the molecule is Cc1ccc(-c2ccc3c(c2N2CN(c4cccc(Oc5ccc6c7ccccc7n(-c7cc(C(C)(C)C)ccn7)c6c5)c4)c4ccccc42)-c2ccccc2C3(C)C)cc1. The summed E-state index contributed by atoms with van der Waals surface area (Å²) < 4.78 is 9.05. The number of aromatic nitrogens is 2. The lowest BCUT2D eigenvalue weighted by molar-refractivity contribution is 0.483. The summed E-state index contributed by atoms with van der Waals surface area (Å²) in [4.78, 5) is 9.84. The molecule has 5 heteroatoms. The summed E-state index contributed by atoms with van der Waals surface area (Å²) in [5.41, 5.74) is 17.0. The van der Waals surface area contributed by atoms with Crippen LogP contribution in [-0.2, 0) is 10.8 Å². The smallest absolute Gasteiger partial charge is 0.137 e. The van der Waals surface area contributed by atoms with Gasteiger partial charge in [0.15, 0.2) is 0 Å². The first kappa shape index (κ1) is 36.9. The number of nitrogens with zero attached hydrogens (tertiary/aromatic N) is 4. The van der Waals surface area contributed by atoms with Crippen molar-refractivity contribution in [2.45, 2.75) is 52.4 Å². The van der Waals surface area contributed by atoms with Gasteiger partial charge in [0, 0.05) is 51.3 Å². The summed E-state index contributed by atoms with van der Waals surface area (Å²) in [6.07, 6.45) is 1.92. The van der Waals surface area contributed by atoms with Crippen LogP contribution in [0.5, 0.6) is 11.5 Å². The van der Waals surface area contributed by atoms with Gasteiger partial charge < -0.3 is 14.5 Å². The first-order valence-corrected chi connectivity index (χ1v) is 21.3. The van der Waals surface area contributed by atoms with Crippen molar-refractivity contribution in [3.63, 3.8) is 0 Å². The Hall–Kier alpha value is -7.11. The summed E-state index contributed by atoms with van der Waals surface area (Å²) >= 11 is 0. The quantitative estimate of drug-likeness (QED) is 0.168. The van der Waals surface area contributed by atoms with E-state index in [9.17, 15) is 0 Å². The van der Waals surface area contributed by atoms with Gasteiger partial charge in [-0.15, -0.1) is 0 Å². The van der Waals surface area contributed by atoms with E-state index in [1.54, 1.807) is 0 Å². The van der Waals surface area contributed by atoms with E-state index in [2.05, 4.69) is 220 Å². The minimum Gasteiger partial charge on any atom is -0.457 e. The van der Waals surface area contributed by atoms with Crippen LogP contribution in [0.15, 0.2) is 170 Å². The number of ether oxygens (including phenoxy) is 1. The monoisotopic (exact) mass is 792 g/mol. The third-order valence-electron chi connectivity index (χ3n) is 13.0. The number of benzene rings is 7. The van der Waals surface area contributed by atoms with Crippen LogP contribution in [0.4, 0.5) is 22.7 Å². The molecule has 0 fully saturated rings. The van der Waals surface area contributed by atoms with Crippen LogP contribution in [0, 0.1) is 6.92 Å². The van der Waals surface area contributed by atoms with E-state index in [-0.39, 0.29) is 10.8 Å². The molecule has 0 bridgehead atoms. The number of anilines is 4. The highest BCUT2D eigenvalue weighted by atomic mass is 16.5. The standard InChI is InChI=1S/C56H48N4O/c1-36-22-24-37(25-23-36)42-28-29-47-53(45-17-7-9-18-46(45)56(47,5)6)54(42)59-35-58(49-20-11-12-21-50(49)59)39-14-13-15-40(33-39)61-41-26-27-44-43-16-8-10-19-48(43)60(51(44)34-41)52-32-38(30-31-57-52)55(2,3)4/h7-34H,35H2,1-6H3. The Balaban J connectivity index is 0.996. The van der Waals surface area contributed by atoms with Crippen molar-refractivity contribution in [1.29, 1.82) is 0 Å². The molecule has 0 saturated carbocycles. The number of fused-ring (bicyclic) bond motifs is 7. The van der Waals surface area contributed by atoms with Gasteiger partial charge in [-0.25, -0.2) is 4.98 Å². The van der Waals surface area contributed by atoms with Crippen LogP contribution in [0.3, 0.4) is 0 Å². The van der Waals surface area contributed by atoms with Crippen molar-refractivity contribution in [1.82, 2.24) is 9.55 Å². The molecule has 0 radical (unpaired) electrons. The van der Waals surface area contributed by atoms with Crippen molar-refractivity contribution < 1.29 is 4.74 Å². The van der Waals surface area contributed by atoms with E-state index in [0.717, 1.165) is 45.1 Å². The zero-order valence-corrected chi connectivity index (χ0v) is 35.6. The molecule has 1 aliphatic carbocycles. The number of hydrogen-bond donors (Lipinski definition) is 0. The Labute approximate surface area is 358 Å². The number of para-hydroxylation sites is 3. The van der Waals surface area contributed by atoms with Gasteiger partial charge in [0.25, 0.3) is 0 Å². The summed E-state index contributed by atoms with van der Waals surface area (Å²) in [6, 6.07) is 59.3. The molecule has 0 saturated heterocycles. The second kappa shape index (κ2) is 13.7. The van der Waals surface area contributed by atoms with Crippen LogP contribution in [0.2, 0.25) is 0 Å². The molecule has 298 valence electrons. The van der Waals surface area contributed by atoms with Crippen LogP contribution >= 0.6 is 0 Å². The molecule has 2 aromatic heterocycles. The fraction of sp³-hybridized carbons (Fsp3) is 0.161. The van der Waals surface area contributed by atoms with E-state index < -0.39 is 0 Å². The minimum atomic E-state index is -0.124. The van der Waals surface area contributed by atoms with Crippen molar-refractivity contribution >= 4 is 44.6 Å². The van der Waals surface area contributed by atoms with Crippen LogP contribution < -0.4 is 14.5 Å². The van der Waals surface area contributed by atoms with Crippen molar-refractivity contribution in [3.05, 3.63) is 192 Å². The molecule has 1 aliphatic heterocycles. The molecule has 0 spiro atoms. The maximum absolute atomic E-state index is 6.79. The van der Waals surface area contributed by atoms with Crippen molar-refractivity contribution in [2.24, 2.45) is 0 Å². The first-order chi connectivity index (χ1) is 29.5. The molecule has 2 aliphatic rings. The Morgan fingerprint density at radius 2 is 1.31 bits per heavy atom. The highest BCUT2D eigenvalue weighted by molar-refractivity contribution is 6.09.